The molecule has 0 aliphatic carbocycles. The third-order valence-electron chi connectivity index (χ3n) is 3.40. The topological polar surface area (TPSA) is 39.4 Å². The highest BCUT2D eigenvalue weighted by atomic mass is 35.5. The van der Waals surface area contributed by atoms with Crippen molar-refractivity contribution in [2.45, 2.75) is 0 Å². The van der Waals surface area contributed by atoms with Gasteiger partial charge in [0, 0.05) is 16.0 Å². The maximum Gasteiger partial charge on any atom is 0.213 e. The predicted octanol–water partition coefficient (Wildman–Crippen LogP) is 5.18. The van der Waals surface area contributed by atoms with Crippen LogP contribution < -0.4 is 4.74 Å². The molecule has 1 aromatic heterocycles. The second-order valence-corrected chi connectivity index (χ2v) is 5.44. The Balaban J connectivity index is 2.31. The lowest BCUT2D eigenvalue weighted by molar-refractivity contribution is 0.0993. The molecule has 0 radical (unpaired) electrons. The summed E-state index contributed by atoms with van der Waals surface area (Å²) in [6, 6.07) is 12.6. The molecule has 0 atom stereocenters. The zero-order valence-electron chi connectivity index (χ0n) is 11.7. The Kier molecular flexibility index (Phi) is 4.10. The molecule has 0 aliphatic heterocycles. The van der Waals surface area contributed by atoms with Crippen molar-refractivity contribution >= 4 is 40.0 Å². The molecule has 112 valence electrons. The molecule has 0 saturated heterocycles. The highest BCUT2D eigenvalue weighted by Gasteiger charge is 2.21. The van der Waals surface area contributed by atoms with E-state index in [2.05, 4.69) is 0 Å². The Morgan fingerprint density at radius 2 is 1.91 bits per heavy atom. The van der Waals surface area contributed by atoms with Crippen molar-refractivity contribution in [2.24, 2.45) is 0 Å². The van der Waals surface area contributed by atoms with Crippen LogP contribution in [0.25, 0.3) is 22.1 Å². The number of methoxy groups -OCH3 is 1. The number of ketones is 1. The maximum atomic E-state index is 12.1. The number of fused-ring (bicyclic) bond motifs is 1. The van der Waals surface area contributed by atoms with Crippen LogP contribution in [-0.4, -0.2) is 18.8 Å². The third-order valence-corrected chi connectivity index (χ3v) is 3.90. The van der Waals surface area contributed by atoms with Gasteiger partial charge in [-0.05, 0) is 35.9 Å². The summed E-state index contributed by atoms with van der Waals surface area (Å²) < 4.78 is 11.0. The minimum absolute atomic E-state index is 0.141. The average Bonchev–Trinajstić information content (AvgIpc) is 2.93. The van der Waals surface area contributed by atoms with Crippen LogP contribution in [0.15, 0.2) is 46.9 Å². The van der Waals surface area contributed by atoms with E-state index in [1.165, 1.54) is 0 Å². The van der Waals surface area contributed by atoms with Gasteiger partial charge in [-0.15, -0.1) is 11.6 Å². The minimum Gasteiger partial charge on any atom is -0.497 e. The first-order valence-electron chi connectivity index (χ1n) is 6.59. The summed E-state index contributed by atoms with van der Waals surface area (Å²) in [6.07, 6.45) is 0. The first kappa shape index (κ1) is 14.9. The summed E-state index contributed by atoms with van der Waals surface area (Å²) >= 11 is 11.6. The zero-order chi connectivity index (χ0) is 15.7. The molecule has 0 aliphatic rings. The van der Waals surface area contributed by atoms with Gasteiger partial charge in [0.2, 0.25) is 5.78 Å². The fourth-order valence-corrected chi connectivity index (χ4v) is 2.61. The van der Waals surface area contributed by atoms with Crippen LogP contribution in [0, 0.1) is 0 Å². The van der Waals surface area contributed by atoms with Crippen LogP contribution in [0.5, 0.6) is 5.75 Å². The van der Waals surface area contributed by atoms with Crippen LogP contribution in [0.3, 0.4) is 0 Å². The lowest BCUT2D eigenvalue weighted by atomic mass is 10.0. The number of benzene rings is 2. The lowest BCUT2D eigenvalue weighted by Crippen LogP contribution is -2.00. The van der Waals surface area contributed by atoms with Crippen molar-refractivity contribution in [3.8, 4) is 16.9 Å². The molecule has 0 saturated carbocycles. The molecule has 0 spiro atoms. The highest BCUT2D eigenvalue weighted by Crippen LogP contribution is 2.37. The number of alkyl halides is 1. The second kappa shape index (κ2) is 6.03. The number of Topliss-reactive ketones (excluding diaryl/α,β-unsaturated/α-hetero) is 1. The molecule has 0 N–H and O–H groups in total. The summed E-state index contributed by atoms with van der Waals surface area (Å²) in [5.41, 5.74) is 2.15. The van der Waals surface area contributed by atoms with E-state index in [9.17, 15) is 4.79 Å². The number of hydrogen-bond donors (Lipinski definition) is 0. The van der Waals surface area contributed by atoms with Crippen molar-refractivity contribution in [3.63, 3.8) is 0 Å². The van der Waals surface area contributed by atoms with Crippen LogP contribution in [0.1, 0.15) is 10.6 Å². The van der Waals surface area contributed by atoms with E-state index in [1.807, 2.05) is 18.2 Å². The summed E-state index contributed by atoms with van der Waals surface area (Å²) in [5, 5.41) is 1.43. The second-order valence-electron chi connectivity index (χ2n) is 4.73. The number of furan rings is 1. The van der Waals surface area contributed by atoms with Gasteiger partial charge in [-0.25, -0.2) is 0 Å². The lowest BCUT2D eigenvalue weighted by Gasteiger charge is -2.03. The van der Waals surface area contributed by atoms with Gasteiger partial charge in [0.1, 0.15) is 11.3 Å². The molecule has 0 unspecified atom stereocenters. The van der Waals surface area contributed by atoms with E-state index >= 15 is 0 Å². The van der Waals surface area contributed by atoms with Crippen molar-refractivity contribution in [2.75, 3.05) is 13.0 Å². The molecule has 0 fully saturated rings. The summed E-state index contributed by atoms with van der Waals surface area (Å²) in [6.45, 7) is 0. The first-order valence-corrected chi connectivity index (χ1v) is 7.51. The number of ether oxygens (including phenoxy) is 1. The van der Waals surface area contributed by atoms with Crippen molar-refractivity contribution in [3.05, 3.63) is 53.2 Å². The molecule has 22 heavy (non-hydrogen) atoms. The number of carbonyl (C=O) groups is 1. The van der Waals surface area contributed by atoms with Crippen LogP contribution >= 0.6 is 23.2 Å². The maximum absolute atomic E-state index is 12.1. The Morgan fingerprint density at radius 1 is 1.18 bits per heavy atom. The average molecular weight is 335 g/mol. The van der Waals surface area contributed by atoms with Gasteiger partial charge in [-0.2, -0.15) is 0 Å². The first-order chi connectivity index (χ1) is 10.6. The van der Waals surface area contributed by atoms with Gasteiger partial charge in [-0.3, -0.25) is 4.79 Å². The fourth-order valence-electron chi connectivity index (χ4n) is 2.36. The standard InChI is InChI=1S/C17H12Cl2O3/c1-21-12-6-7-15-13(8-12)16(17(22-15)14(20)9-18)10-2-4-11(19)5-3-10/h2-8H,9H2,1H3. The van der Waals surface area contributed by atoms with Gasteiger partial charge in [0.15, 0.2) is 5.76 Å². The number of halogens is 2. The summed E-state index contributed by atoms with van der Waals surface area (Å²) in [4.78, 5) is 12.1. The molecule has 3 aromatic rings. The van der Waals surface area contributed by atoms with Gasteiger partial charge in [0.25, 0.3) is 0 Å². The van der Waals surface area contributed by atoms with E-state index in [4.69, 9.17) is 32.4 Å². The van der Waals surface area contributed by atoms with Crippen molar-refractivity contribution < 1.29 is 13.9 Å². The Hall–Kier alpha value is -1.97. The largest absolute Gasteiger partial charge is 0.497 e. The number of carbonyl (C=O) groups excluding carboxylic acids is 1. The molecule has 2 aromatic carbocycles. The van der Waals surface area contributed by atoms with E-state index in [1.54, 1.807) is 31.4 Å². The van der Waals surface area contributed by atoms with E-state index in [0.29, 0.717) is 21.9 Å². The molecule has 0 amide bonds. The summed E-state index contributed by atoms with van der Waals surface area (Å²) in [7, 11) is 1.59. The fraction of sp³-hybridized carbons (Fsp3) is 0.118. The normalized spacial score (nSPS) is 10.9. The smallest absolute Gasteiger partial charge is 0.213 e. The van der Waals surface area contributed by atoms with Crippen LogP contribution in [-0.2, 0) is 0 Å². The van der Waals surface area contributed by atoms with Gasteiger partial charge < -0.3 is 9.15 Å². The molecule has 3 rings (SSSR count). The van der Waals surface area contributed by atoms with Crippen LogP contribution in [0.4, 0.5) is 0 Å². The Bertz CT molecular complexity index is 835. The quantitative estimate of drug-likeness (QED) is 0.487. The molecular weight excluding hydrogens is 323 g/mol. The van der Waals surface area contributed by atoms with Crippen molar-refractivity contribution in [1.82, 2.24) is 0 Å². The monoisotopic (exact) mass is 334 g/mol. The molecule has 1 heterocycles. The van der Waals surface area contributed by atoms with Crippen molar-refractivity contribution in [1.29, 1.82) is 0 Å². The number of rotatable bonds is 4. The van der Waals surface area contributed by atoms with Crippen LogP contribution in [0.2, 0.25) is 5.02 Å². The summed E-state index contributed by atoms with van der Waals surface area (Å²) in [5.74, 6) is 0.535. The Labute approximate surface area is 137 Å². The van der Waals surface area contributed by atoms with E-state index < -0.39 is 0 Å². The highest BCUT2D eigenvalue weighted by molar-refractivity contribution is 6.31. The van der Waals surface area contributed by atoms with E-state index in [-0.39, 0.29) is 17.4 Å². The predicted molar refractivity (Wildman–Crippen MR) is 88.3 cm³/mol. The van der Waals surface area contributed by atoms with E-state index in [0.717, 1.165) is 10.9 Å². The molecule has 3 nitrogen and oxygen atoms in total. The number of hydrogen-bond acceptors (Lipinski definition) is 3. The SMILES string of the molecule is COc1ccc2oc(C(=O)CCl)c(-c3ccc(Cl)cc3)c2c1. The Morgan fingerprint density at radius 3 is 2.55 bits per heavy atom. The minimum atomic E-state index is -0.262. The van der Waals surface area contributed by atoms with Gasteiger partial charge in [-0.1, -0.05) is 23.7 Å². The zero-order valence-corrected chi connectivity index (χ0v) is 13.2. The molecular formula is C17H12Cl2O3. The van der Waals surface area contributed by atoms with Gasteiger partial charge >= 0.3 is 0 Å². The molecule has 0 bridgehead atoms. The third kappa shape index (κ3) is 2.58. The molecule has 5 heteroatoms. The van der Waals surface area contributed by atoms with Gasteiger partial charge in [0.05, 0.1) is 13.0 Å².